The molecule has 1 amide bonds. The number of methoxy groups -OCH3 is 2. The molecule has 0 aliphatic rings. The molecule has 0 saturated heterocycles. The lowest BCUT2D eigenvalue weighted by Crippen LogP contribution is -2.13. The van der Waals surface area contributed by atoms with Crippen LogP contribution in [0, 0.1) is 13.8 Å². The Bertz CT molecular complexity index is 1240. The van der Waals surface area contributed by atoms with Gasteiger partial charge in [0, 0.05) is 29.4 Å². The fraction of sp³-hybridized carbons (Fsp3) is 0.214. The second-order valence-corrected chi connectivity index (χ2v) is 9.29. The minimum Gasteiger partial charge on any atom is -0.497 e. The maximum absolute atomic E-state index is 12.6. The van der Waals surface area contributed by atoms with Crippen molar-refractivity contribution < 1.29 is 14.3 Å². The van der Waals surface area contributed by atoms with Crippen molar-refractivity contribution in [2.45, 2.75) is 25.4 Å². The number of anilines is 1. The van der Waals surface area contributed by atoms with Crippen LogP contribution in [0.3, 0.4) is 0 Å². The van der Waals surface area contributed by atoms with Gasteiger partial charge in [0.05, 0.1) is 31.3 Å². The Kier molecular flexibility index (Phi) is 7.77. The summed E-state index contributed by atoms with van der Waals surface area (Å²) in [6.45, 7) is 4.15. The van der Waals surface area contributed by atoms with Crippen molar-refractivity contribution >= 4 is 23.4 Å². The van der Waals surface area contributed by atoms with Gasteiger partial charge in [-0.3, -0.25) is 4.79 Å². The number of H-pyrrole nitrogens is 1. The molecule has 0 radical (unpaired) electrons. The number of nitrogens with one attached hydrogen (secondary N) is 2. The van der Waals surface area contributed by atoms with Crippen LogP contribution in [0.4, 0.5) is 5.69 Å². The Hall–Kier alpha value is -3.71. The third kappa shape index (κ3) is 6.05. The SMILES string of the molecule is COc1ccc(OC)c(NC(=O)CCSc2nc(-c3ccc(C)cc3)c(-c3ccc(C)cc3)[nH]2)c1. The molecule has 4 rings (SSSR count). The molecule has 1 aromatic heterocycles. The number of aromatic nitrogens is 2. The van der Waals surface area contributed by atoms with Crippen LogP contribution in [0.15, 0.2) is 71.9 Å². The van der Waals surface area contributed by atoms with Gasteiger partial charge in [0.15, 0.2) is 5.16 Å². The number of carbonyl (C=O) groups excluding carboxylic acids is 1. The number of thioether (sulfide) groups is 1. The number of imidazole rings is 1. The van der Waals surface area contributed by atoms with E-state index in [4.69, 9.17) is 14.5 Å². The fourth-order valence-electron chi connectivity index (χ4n) is 3.63. The van der Waals surface area contributed by atoms with E-state index in [1.807, 2.05) is 0 Å². The molecule has 0 fully saturated rings. The Morgan fingerprint density at radius 3 is 2.20 bits per heavy atom. The van der Waals surface area contributed by atoms with Crippen molar-refractivity contribution in [3.8, 4) is 34.0 Å². The highest BCUT2D eigenvalue weighted by molar-refractivity contribution is 7.99. The van der Waals surface area contributed by atoms with Crippen LogP contribution >= 0.6 is 11.8 Å². The minimum absolute atomic E-state index is 0.104. The van der Waals surface area contributed by atoms with Crippen molar-refractivity contribution in [1.29, 1.82) is 0 Å². The van der Waals surface area contributed by atoms with Gasteiger partial charge in [0.25, 0.3) is 0 Å². The van der Waals surface area contributed by atoms with Crippen LogP contribution in [-0.4, -0.2) is 35.8 Å². The van der Waals surface area contributed by atoms with E-state index in [0.717, 1.165) is 27.7 Å². The number of benzene rings is 3. The molecular weight excluding hydrogens is 458 g/mol. The van der Waals surface area contributed by atoms with Gasteiger partial charge in [0.2, 0.25) is 5.91 Å². The normalized spacial score (nSPS) is 10.7. The molecule has 0 aliphatic carbocycles. The lowest BCUT2D eigenvalue weighted by molar-refractivity contribution is -0.115. The first-order valence-corrected chi connectivity index (χ1v) is 12.3. The topological polar surface area (TPSA) is 76.2 Å². The van der Waals surface area contributed by atoms with Crippen molar-refractivity contribution in [2.24, 2.45) is 0 Å². The number of aryl methyl sites for hydroxylation is 2. The summed E-state index contributed by atoms with van der Waals surface area (Å²) in [5.41, 5.74) is 7.01. The zero-order valence-electron chi connectivity index (χ0n) is 20.3. The van der Waals surface area contributed by atoms with E-state index >= 15 is 0 Å². The number of carbonyl (C=O) groups is 1. The van der Waals surface area contributed by atoms with E-state index in [9.17, 15) is 4.79 Å². The van der Waals surface area contributed by atoms with Gasteiger partial charge in [-0.1, -0.05) is 71.4 Å². The van der Waals surface area contributed by atoms with Crippen LogP contribution in [0.2, 0.25) is 0 Å². The maximum Gasteiger partial charge on any atom is 0.225 e. The zero-order valence-corrected chi connectivity index (χ0v) is 21.2. The van der Waals surface area contributed by atoms with E-state index in [0.29, 0.717) is 29.4 Å². The smallest absolute Gasteiger partial charge is 0.225 e. The molecular formula is C28H29N3O3S. The molecule has 0 unspecified atom stereocenters. The van der Waals surface area contributed by atoms with Gasteiger partial charge in [-0.15, -0.1) is 0 Å². The highest BCUT2D eigenvalue weighted by atomic mass is 32.2. The highest BCUT2D eigenvalue weighted by Gasteiger charge is 2.15. The Balaban J connectivity index is 1.48. The minimum atomic E-state index is -0.104. The number of hydrogen-bond donors (Lipinski definition) is 2. The summed E-state index contributed by atoms with van der Waals surface area (Å²) < 4.78 is 10.6. The van der Waals surface area contributed by atoms with Crippen molar-refractivity contribution in [1.82, 2.24) is 9.97 Å². The molecule has 3 aromatic carbocycles. The number of rotatable bonds is 9. The van der Waals surface area contributed by atoms with Gasteiger partial charge in [-0.25, -0.2) is 4.98 Å². The van der Waals surface area contributed by atoms with Gasteiger partial charge >= 0.3 is 0 Å². The summed E-state index contributed by atoms with van der Waals surface area (Å²) in [7, 11) is 3.16. The fourth-order valence-corrected chi connectivity index (χ4v) is 4.45. The first kappa shape index (κ1) is 24.4. The molecule has 4 aromatic rings. The van der Waals surface area contributed by atoms with E-state index < -0.39 is 0 Å². The lowest BCUT2D eigenvalue weighted by atomic mass is 10.0. The first-order chi connectivity index (χ1) is 17.0. The van der Waals surface area contributed by atoms with Crippen LogP contribution in [0.25, 0.3) is 22.5 Å². The summed E-state index contributed by atoms with van der Waals surface area (Å²) >= 11 is 1.52. The summed E-state index contributed by atoms with van der Waals surface area (Å²) in [6.07, 6.45) is 0.325. The Morgan fingerprint density at radius 1 is 0.914 bits per heavy atom. The number of nitrogens with zero attached hydrogens (tertiary/aromatic N) is 1. The number of aromatic amines is 1. The van der Waals surface area contributed by atoms with Gasteiger partial charge < -0.3 is 19.8 Å². The second-order valence-electron chi connectivity index (χ2n) is 8.21. The third-order valence-electron chi connectivity index (χ3n) is 5.60. The Morgan fingerprint density at radius 2 is 1.57 bits per heavy atom. The van der Waals surface area contributed by atoms with Crippen LogP contribution in [-0.2, 0) is 4.79 Å². The molecule has 2 N–H and O–H groups in total. The second kappa shape index (κ2) is 11.1. The van der Waals surface area contributed by atoms with Crippen LogP contribution < -0.4 is 14.8 Å². The number of amides is 1. The van der Waals surface area contributed by atoms with Crippen molar-refractivity contribution in [2.75, 3.05) is 25.3 Å². The average Bonchev–Trinajstić information content (AvgIpc) is 3.29. The molecule has 0 atom stereocenters. The summed E-state index contributed by atoms with van der Waals surface area (Å²) in [6, 6.07) is 22.1. The number of ether oxygens (including phenoxy) is 2. The average molecular weight is 488 g/mol. The largest absolute Gasteiger partial charge is 0.497 e. The zero-order chi connectivity index (χ0) is 24.8. The number of hydrogen-bond acceptors (Lipinski definition) is 5. The van der Waals surface area contributed by atoms with Crippen molar-refractivity contribution in [3.05, 3.63) is 77.9 Å². The van der Waals surface area contributed by atoms with E-state index in [-0.39, 0.29) is 5.91 Å². The van der Waals surface area contributed by atoms with Crippen molar-refractivity contribution in [3.63, 3.8) is 0 Å². The predicted molar refractivity (Wildman–Crippen MR) is 142 cm³/mol. The van der Waals surface area contributed by atoms with Gasteiger partial charge in [-0.2, -0.15) is 0 Å². The Labute approximate surface area is 210 Å². The maximum atomic E-state index is 12.6. The molecule has 0 bridgehead atoms. The standard InChI is InChI=1S/C28H29N3O3S/c1-18-5-9-20(10-6-18)26-27(21-11-7-19(2)8-12-21)31-28(30-26)35-16-15-25(32)29-23-17-22(33-3)13-14-24(23)34-4/h5-14,17H,15-16H2,1-4H3,(H,29,32)(H,30,31). The predicted octanol–water partition coefficient (Wildman–Crippen LogP) is 6.50. The third-order valence-corrected chi connectivity index (χ3v) is 6.47. The van der Waals surface area contributed by atoms with Gasteiger partial charge in [-0.05, 0) is 26.0 Å². The molecule has 7 heteroatoms. The van der Waals surface area contributed by atoms with Crippen LogP contribution in [0.1, 0.15) is 17.5 Å². The summed E-state index contributed by atoms with van der Waals surface area (Å²) in [5.74, 6) is 1.71. The quantitative estimate of drug-likeness (QED) is 0.264. The first-order valence-electron chi connectivity index (χ1n) is 11.4. The molecule has 6 nitrogen and oxygen atoms in total. The monoisotopic (exact) mass is 487 g/mol. The highest BCUT2D eigenvalue weighted by Crippen LogP contribution is 2.33. The van der Waals surface area contributed by atoms with E-state index in [1.54, 1.807) is 32.4 Å². The molecule has 1 heterocycles. The molecule has 0 aliphatic heterocycles. The summed E-state index contributed by atoms with van der Waals surface area (Å²) in [4.78, 5) is 20.9. The molecule has 180 valence electrons. The summed E-state index contributed by atoms with van der Waals surface area (Å²) in [5, 5.41) is 3.69. The van der Waals surface area contributed by atoms with E-state index in [2.05, 4.69) is 72.7 Å². The molecule has 35 heavy (non-hydrogen) atoms. The molecule has 0 saturated carbocycles. The van der Waals surface area contributed by atoms with E-state index in [1.165, 1.54) is 22.9 Å². The molecule has 0 spiro atoms. The van der Waals surface area contributed by atoms with Crippen LogP contribution in [0.5, 0.6) is 11.5 Å². The lowest BCUT2D eigenvalue weighted by Gasteiger charge is -2.11. The van der Waals surface area contributed by atoms with Gasteiger partial charge in [0.1, 0.15) is 11.5 Å².